The van der Waals surface area contributed by atoms with Crippen molar-refractivity contribution in [1.82, 2.24) is 5.32 Å². The molecule has 0 aromatic carbocycles. The largest absolute Gasteiger partial charge is 0.359 e. The van der Waals surface area contributed by atoms with Crippen molar-refractivity contribution in [3.05, 3.63) is 0 Å². The van der Waals surface area contributed by atoms with E-state index in [1.807, 2.05) is 13.8 Å². The highest BCUT2D eigenvalue weighted by molar-refractivity contribution is 5.78. The second kappa shape index (κ2) is 4.36. The molecule has 0 aliphatic carbocycles. The van der Waals surface area contributed by atoms with Gasteiger partial charge in [0.15, 0.2) is 0 Å². The van der Waals surface area contributed by atoms with E-state index in [1.54, 1.807) is 7.05 Å². The Hall–Kier alpha value is -0.530. The minimum absolute atomic E-state index is 0. The van der Waals surface area contributed by atoms with Gasteiger partial charge in [0.05, 0.1) is 0 Å². The van der Waals surface area contributed by atoms with Crippen LogP contribution < -0.4 is 5.32 Å². The maximum atomic E-state index is 10.9. The van der Waals surface area contributed by atoms with Crippen LogP contribution in [0.3, 0.4) is 0 Å². The fraction of sp³-hybridized carbons (Fsp3) is 0.857. The monoisotopic (exact) mass is 131 g/mol. The van der Waals surface area contributed by atoms with E-state index in [0.29, 0.717) is 0 Å². The molecule has 0 atom stereocenters. The Morgan fingerprint density at radius 2 is 2.00 bits per heavy atom. The Morgan fingerprint density at radius 1 is 1.56 bits per heavy atom. The van der Waals surface area contributed by atoms with Crippen LogP contribution in [0.1, 0.15) is 28.1 Å². The Labute approximate surface area is 58.1 Å². The van der Waals surface area contributed by atoms with Crippen LogP contribution in [0.4, 0.5) is 0 Å². The van der Waals surface area contributed by atoms with Gasteiger partial charge in [-0.25, -0.2) is 0 Å². The first kappa shape index (κ1) is 8.47. The predicted molar refractivity (Wildman–Crippen MR) is 40.3 cm³/mol. The number of hydrogen-bond donors (Lipinski definition) is 1. The summed E-state index contributed by atoms with van der Waals surface area (Å²) in [7, 11) is 1.68. The predicted octanol–water partition coefficient (Wildman–Crippen LogP) is 1.41. The summed E-state index contributed by atoms with van der Waals surface area (Å²) in [5.74, 6) is 0.384. The molecule has 0 fully saturated rings. The molecule has 1 N–H and O–H groups in total. The zero-order valence-electron chi connectivity index (χ0n) is 6.40. The Kier molecular flexibility index (Phi) is 4.10. The van der Waals surface area contributed by atoms with Crippen molar-refractivity contribution in [3.8, 4) is 0 Å². The number of rotatable bonds is 3. The zero-order chi connectivity index (χ0) is 7.28. The molecule has 56 valence electrons. The molecule has 0 aromatic rings. The third kappa shape index (κ3) is 2.49. The van der Waals surface area contributed by atoms with Crippen LogP contribution in [0.15, 0.2) is 0 Å². The summed E-state index contributed by atoms with van der Waals surface area (Å²) in [6.45, 7) is 4.06. The van der Waals surface area contributed by atoms with Crippen molar-refractivity contribution in [2.45, 2.75) is 26.7 Å². The molecule has 2 heteroatoms. The quantitative estimate of drug-likeness (QED) is 0.616. The van der Waals surface area contributed by atoms with Gasteiger partial charge in [-0.2, -0.15) is 0 Å². The molecule has 0 aliphatic heterocycles. The lowest BCUT2D eigenvalue weighted by Crippen LogP contribution is -2.26. The fourth-order valence-corrected chi connectivity index (χ4v) is 0.864. The van der Waals surface area contributed by atoms with E-state index in [0.717, 1.165) is 12.8 Å². The Balaban J connectivity index is 0. The highest BCUT2D eigenvalue weighted by Gasteiger charge is 2.10. The topological polar surface area (TPSA) is 29.1 Å². The first-order valence-corrected chi connectivity index (χ1v) is 3.47. The van der Waals surface area contributed by atoms with E-state index in [2.05, 4.69) is 5.32 Å². The molecule has 2 nitrogen and oxygen atoms in total. The van der Waals surface area contributed by atoms with Gasteiger partial charge in [0, 0.05) is 14.4 Å². The molecule has 0 rings (SSSR count). The summed E-state index contributed by atoms with van der Waals surface area (Å²) in [6.07, 6.45) is 1.88. The van der Waals surface area contributed by atoms with Gasteiger partial charge in [0.1, 0.15) is 0 Å². The molecule has 0 aliphatic rings. The van der Waals surface area contributed by atoms with E-state index in [9.17, 15) is 4.79 Å². The van der Waals surface area contributed by atoms with Crippen molar-refractivity contribution in [3.63, 3.8) is 0 Å². The van der Waals surface area contributed by atoms with E-state index in [4.69, 9.17) is 0 Å². The zero-order valence-corrected chi connectivity index (χ0v) is 6.40. The summed E-state index contributed by atoms with van der Waals surface area (Å²) in [4.78, 5) is 10.9. The van der Waals surface area contributed by atoms with Gasteiger partial charge < -0.3 is 5.32 Å². The average molecular weight is 131 g/mol. The van der Waals surface area contributed by atoms with Crippen molar-refractivity contribution in [2.24, 2.45) is 5.92 Å². The van der Waals surface area contributed by atoms with Crippen LogP contribution in [0.5, 0.6) is 0 Å². The lowest BCUT2D eigenvalue weighted by atomic mass is 10.0. The van der Waals surface area contributed by atoms with Crippen molar-refractivity contribution < 1.29 is 6.22 Å². The second-order valence-electron chi connectivity index (χ2n) is 2.13. The summed E-state index contributed by atoms with van der Waals surface area (Å²) in [6, 6.07) is 0. The maximum Gasteiger partial charge on any atom is 0.222 e. The van der Waals surface area contributed by atoms with Gasteiger partial charge in [-0.05, 0) is 12.8 Å². The van der Waals surface area contributed by atoms with Crippen LogP contribution in [0.25, 0.3) is 0 Å². The van der Waals surface area contributed by atoms with Gasteiger partial charge in [-0.15, -0.1) is 0 Å². The summed E-state index contributed by atoms with van der Waals surface area (Å²) in [5, 5.41) is 2.63. The van der Waals surface area contributed by atoms with Crippen LogP contribution in [0.2, 0.25) is 0 Å². The van der Waals surface area contributed by atoms with Crippen LogP contribution >= 0.6 is 0 Å². The van der Waals surface area contributed by atoms with Crippen LogP contribution in [-0.2, 0) is 4.79 Å². The highest BCUT2D eigenvalue weighted by atomic mass is 16.1. The van der Waals surface area contributed by atoms with Gasteiger partial charge in [0.25, 0.3) is 0 Å². The second-order valence-corrected chi connectivity index (χ2v) is 2.13. The maximum absolute atomic E-state index is 10.9. The van der Waals surface area contributed by atoms with Crippen molar-refractivity contribution >= 4 is 5.91 Å². The summed E-state index contributed by atoms with van der Waals surface area (Å²) >= 11 is 0. The number of nitrogens with one attached hydrogen (secondary N) is 1. The molecule has 0 saturated carbocycles. The Bertz CT molecular complexity index is 91.6. The van der Waals surface area contributed by atoms with Crippen LogP contribution in [0, 0.1) is 5.92 Å². The van der Waals surface area contributed by atoms with Crippen molar-refractivity contribution in [1.29, 1.82) is 0 Å². The number of amides is 1. The fourth-order valence-electron chi connectivity index (χ4n) is 0.864. The first-order chi connectivity index (χ1) is 4.26. The van der Waals surface area contributed by atoms with E-state index in [-0.39, 0.29) is 13.3 Å². The third-order valence-electron chi connectivity index (χ3n) is 1.60. The number of hydrogen-bond acceptors (Lipinski definition) is 1. The molecule has 0 saturated heterocycles. The molecule has 0 unspecified atom stereocenters. The van der Waals surface area contributed by atoms with Crippen LogP contribution in [-0.4, -0.2) is 13.0 Å². The molecule has 9 heavy (non-hydrogen) atoms. The minimum atomic E-state index is 0. The SMILES string of the molecule is CCC(CC)C(=O)NC.[HH]. The van der Waals surface area contributed by atoms with E-state index < -0.39 is 0 Å². The molecule has 0 spiro atoms. The lowest BCUT2D eigenvalue weighted by Gasteiger charge is -2.08. The standard InChI is InChI=1S/C7H15NO.H2/c1-4-6(5-2)7(9)8-3;/h6H,4-5H2,1-3H3,(H,8,9);1H. The van der Waals surface area contributed by atoms with Crippen molar-refractivity contribution in [2.75, 3.05) is 7.05 Å². The summed E-state index contributed by atoms with van der Waals surface area (Å²) in [5.41, 5.74) is 0. The van der Waals surface area contributed by atoms with Gasteiger partial charge in [-0.1, -0.05) is 13.8 Å². The molecular weight excluding hydrogens is 114 g/mol. The molecule has 0 heterocycles. The smallest absolute Gasteiger partial charge is 0.222 e. The molecular formula is C7H17NO. The molecule has 0 aromatic heterocycles. The van der Waals surface area contributed by atoms with Gasteiger partial charge >= 0.3 is 0 Å². The molecule has 0 bridgehead atoms. The van der Waals surface area contributed by atoms with Gasteiger partial charge in [-0.3, -0.25) is 4.79 Å². The molecule has 0 radical (unpaired) electrons. The summed E-state index contributed by atoms with van der Waals surface area (Å²) < 4.78 is 0. The first-order valence-electron chi connectivity index (χ1n) is 3.47. The van der Waals surface area contributed by atoms with E-state index in [1.165, 1.54) is 0 Å². The van der Waals surface area contributed by atoms with Gasteiger partial charge in [0.2, 0.25) is 5.91 Å². The number of carbonyl (C=O) groups is 1. The highest BCUT2D eigenvalue weighted by Crippen LogP contribution is 2.05. The number of carbonyl (C=O) groups excluding carboxylic acids is 1. The lowest BCUT2D eigenvalue weighted by molar-refractivity contribution is -0.124. The van der Waals surface area contributed by atoms with E-state index >= 15 is 0 Å². The Morgan fingerprint density at radius 3 is 2.11 bits per heavy atom. The average Bonchev–Trinajstić information content (AvgIpc) is 1.90. The normalized spacial score (nSPS) is 9.78. The third-order valence-corrected chi connectivity index (χ3v) is 1.60. The minimum Gasteiger partial charge on any atom is -0.359 e. The molecule has 1 amide bonds.